The fourth-order valence-corrected chi connectivity index (χ4v) is 1.26. The van der Waals surface area contributed by atoms with Gasteiger partial charge in [-0.1, -0.05) is 4.49 Å². The number of nitrogens with one attached hydrogen (secondary N) is 1. The lowest BCUT2D eigenvalue weighted by atomic mass is 10.5. The van der Waals surface area contributed by atoms with Gasteiger partial charge in [0, 0.05) is 18.5 Å². The largest absolute Gasteiger partial charge is 0.411 e. The summed E-state index contributed by atoms with van der Waals surface area (Å²) in [5, 5.41) is 8.41. The van der Waals surface area contributed by atoms with Crippen LogP contribution in [0.1, 0.15) is 5.69 Å². The molecule has 0 unspecified atom stereocenters. The molecule has 1 aromatic rings. The molecule has 86 valence electrons. The van der Waals surface area contributed by atoms with Crippen molar-refractivity contribution >= 4 is 11.5 Å². The van der Waals surface area contributed by atoms with Crippen molar-refractivity contribution in [1.82, 2.24) is 14.9 Å². The Hall–Kier alpha value is -0.730. The lowest BCUT2D eigenvalue weighted by Gasteiger charge is -2.07. The maximum absolute atomic E-state index is 11.6. The predicted octanol–water partition coefficient (Wildman–Crippen LogP) is 1.21. The smallest absolute Gasteiger partial charge is 0.371 e. The first-order valence-electron chi connectivity index (χ1n) is 4.19. The molecule has 0 radical (unpaired) electrons. The van der Waals surface area contributed by atoms with Gasteiger partial charge in [-0.05, 0) is 11.5 Å². The van der Waals surface area contributed by atoms with Crippen molar-refractivity contribution in [3.8, 4) is 0 Å². The van der Waals surface area contributed by atoms with E-state index in [1.165, 1.54) is 11.5 Å². The highest BCUT2D eigenvalue weighted by Crippen LogP contribution is 2.13. The summed E-state index contributed by atoms with van der Waals surface area (Å²) in [5.74, 6) is 0. The van der Waals surface area contributed by atoms with Gasteiger partial charge >= 0.3 is 6.18 Å². The fourth-order valence-electron chi connectivity index (χ4n) is 0.810. The summed E-state index contributed by atoms with van der Waals surface area (Å²) in [4.78, 5) is 0. The fraction of sp³-hybridized carbons (Fsp3) is 0.714. The molecule has 1 heterocycles. The van der Waals surface area contributed by atoms with Crippen LogP contribution in [0.3, 0.4) is 0 Å². The monoisotopic (exact) mass is 241 g/mol. The van der Waals surface area contributed by atoms with Gasteiger partial charge in [0.25, 0.3) is 0 Å². The molecule has 0 aliphatic heterocycles. The standard InChI is InChI=1S/C7H10F3N3OS/c8-7(9,10)5-14-2-1-11-3-6-4-15-13-12-6/h4,11H,1-3,5H2. The Balaban J connectivity index is 1.94. The third-order valence-corrected chi connectivity index (χ3v) is 1.95. The van der Waals surface area contributed by atoms with Crippen LogP contribution in [0.4, 0.5) is 13.2 Å². The number of aromatic nitrogens is 2. The zero-order chi connectivity index (χ0) is 11.1. The normalized spacial score (nSPS) is 11.9. The number of ether oxygens (including phenoxy) is 1. The van der Waals surface area contributed by atoms with E-state index in [0.717, 1.165) is 5.69 Å². The maximum atomic E-state index is 11.6. The summed E-state index contributed by atoms with van der Waals surface area (Å²) in [6, 6.07) is 0. The SMILES string of the molecule is FC(F)(F)COCCNCc1csnn1. The van der Waals surface area contributed by atoms with Gasteiger partial charge in [-0.2, -0.15) is 13.2 Å². The molecule has 4 nitrogen and oxygen atoms in total. The molecule has 1 aromatic heterocycles. The van der Waals surface area contributed by atoms with E-state index < -0.39 is 12.8 Å². The predicted molar refractivity (Wildman–Crippen MR) is 48.5 cm³/mol. The molecule has 0 saturated heterocycles. The van der Waals surface area contributed by atoms with Gasteiger partial charge in [0.05, 0.1) is 12.3 Å². The van der Waals surface area contributed by atoms with Gasteiger partial charge in [0.15, 0.2) is 0 Å². The molecule has 8 heteroatoms. The molecule has 0 aromatic carbocycles. The maximum Gasteiger partial charge on any atom is 0.411 e. The topological polar surface area (TPSA) is 47.0 Å². The zero-order valence-electron chi connectivity index (χ0n) is 7.75. The highest BCUT2D eigenvalue weighted by Gasteiger charge is 2.27. The summed E-state index contributed by atoms with van der Waals surface area (Å²) >= 11 is 1.23. The van der Waals surface area contributed by atoms with E-state index in [2.05, 4.69) is 19.6 Å². The number of nitrogens with zero attached hydrogens (tertiary/aromatic N) is 2. The van der Waals surface area contributed by atoms with Crippen LogP contribution >= 0.6 is 11.5 Å². The Kier molecular flexibility index (Phi) is 4.92. The van der Waals surface area contributed by atoms with Crippen LogP contribution in [0.2, 0.25) is 0 Å². The minimum Gasteiger partial charge on any atom is -0.371 e. The van der Waals surface area contributed by atoms with E-state index in [0.29, 0.717) is 13.1 Å². The number of rotatable bonds is 6. The van der Waals surface area contributed by atoms with Crippen molar-refractivity contribution < 1.29 is 17.9 Å². The Morgan fingerprint density at radius 2 is 2.27 bits per heavy atom. The molecule has 1 N–H and O–H groups in total. The van der Waals surface area contributed by atoms with Gasteiger partial charge in [-0.3, -0.25) is 0 Å². The van der Waals surface area contributed by atoms with E-state index in [4.69, 9.17) is 0 Å². The Bertz CT molecular complexity index is 265. The molecule has 0 amide bonds. The van der Waals surface area contributed by atoms with Crippen molar-refractivity contribution in [3.05, 3.63) is 11.1 Å². The lowest BCUT2D eigenvalue weighted by Crippen LogP contribution is -2.23. The van der Waals surface area contributed by atoms with Gasteiger partial charge < -0.3 is 10.1 Å². The average molecular weight is 241 g/mol. The van der Waals surface area contributed by atoms with Gasteiger partial charge in [-0.15, -0.1) is 5.10 Å². The van der Waals surface area contributed by atoms with Crippen molar-refractivity contribution in [3.63, 3.8) is 0 Å². The second kappa shape index (κ2) is 5.99. The minimum atomic E-state index is -4.25. The zero-order valence-corrected chi connectivity index (χ0v) is 8.57. The molecule has 0 atom stereocenters. The van der Waals surface area contributed by atoms with Crippen LogP contribution in [-0.4, -0.2) is 35.5 Å². The third kappa shape index (κ3) is 6.37. The molecule has 15 heavy (non-hydrogen) atoms. The first-order valence-corrected chi connectivity index (χ1v) is 5.03. The summed E-state index contributed by atoms with van der Waals surface area (Å²) in [6.45, 7) is -0.330. The van der Waals surface area contributed by atoms with Crippen molar-refractivity contribution in [2.24, 2.45) is 0 Å². The van der Waals surface area contributed by atoms with E-state index in [9.17, 15) is 13.2 Å². The highest BCUT2D eigenvalue weighted by atomic mass is 32.1. The second-order valence-corrected chi connectivity index (χ2v) is 3.35. The van der Waals surface area contributed by atoms with Crippen molar-refractivity contribution in [2.75, 3.05) is 19.8 Å². The average Bonchev–Trinajstić information content (AvgIpc) is 2.61. The summed E-state index contributed by atoms with van der Waals surface area (Å²) in [6.07, 6.45) is -4.25. The molecular weight excluding hydrogens is 231 g/mol. The van der Waals surface area contributed by atoms with Gasteiger partial charge in [0.2, 0.25) is 0 Å². The molecule has 0 saturated carbocycles. The van der Waals surface area contributed by atoms with Crippen molar-refractivity contribution in [2.45, 2.75) is 12.7 Å². The summed E-state index contributed by atoms with van der Waals surface area (Å²) in [7, 11) is 0. The Morgan fingerprint density at radius 3 is 2.87 bits per heavy atom. The number of hydrogen-bond acceptors (Lipinski definition) is 5. The number of alkyl halides is 3. The Labute approximate surface area is 88.6 Å². The van der Waals surface area contributed by atoms with E-state index in [1.54, 1.807) is 5.38 Å². The molecular formula is C7H10F3N3OS. The van der Waals surface area contributed by atoms with E-state index in [1.807, 2.05) is 0 Å². The molecule has 0 aliphatic carbocycles. The molecule has 0 spiro atoms. The summed E-state index contributed by atoms with van der Waals surface area (Å²) in [5.41, 5.74) is 0.774. The molecule has 0 aliphatic rings. The van der Waals surface area contributed by atoms with Crippen LogP contribution < -0.4 is 5.32 Å². The van der Waals surface area contributed by atoms with Gasteiger partial charge in [0.1, 0.15) is 6.61 Å². The molecule has 1 rings (SSSR count). The quantitative estimate of drug-likeness (QED) is 0.760. The minimum absolute atomic E-state index is 0.0249. The van der Waals surface area contributed by atoms with Crippen LogP contribution in [0.5, 0.6) is 0 Å². The number of halogens is 3. The molecule has 0 fully saturated rings. The van der Waals surface area contributed by atoms with Crippen LogP contribution in [0.15, 0.2) is 5.38 Å². The number of hydrogen-bond donors (Lipinski definition) is 1. The lowest BCUT2D eigenvalue weighted by molar-refractivity contribution is -0.173. The van der Waals surface area contributed by atoms with Crippen LogP contribution in [-0.2, 0) is 11.3 Å². The first kappa shape index (κ1) is 12.3. The van der Waals surface area contributed by atoms with Crippen molar-refractivity contribution in [1.29, 1.82) is 0 Å². The first-order chi connectivity index (χ1) is 7.08. The highest BCUT2D eigenvalue weighted by molar-refractivity contribution is 7.03. The second-order valence-electron chi connectivity index (χ2n) is 2.74. The van der Waals surface area contributed by atoms with Gasteiger partial charge in [-0.25, -0.2) is 0 Å². The summed E-state index contributed by atoms with van der Waals surface area (Å²) < 4.78 is 42.9. The Morgan fingerprint density at radius 1 is 1.47 bits per heavy atom. The molecule has 0 bridgehead atoms. The third-order valence-electron chi connectivity index (χ3n) is 1.40. The van der Waals surface area contributed by atoms with E-state index in [-0.39, 0.29) is 6.61 Å². The van der Waals surface area contributed by atoms with E-state index >= 15 is 0 Å². The van der Waals surface area contributed by atoms with Crippen LogP contribution in [0.25, 0.3) is 0 Å². The van der Waals surface area contributed by atoms with Crippen LogP contribution in [0, 0.1) is 0 Å².